The van der Waals surface area contributed by atoms with E-state index in [-0.39, 0.29) is 29.4 Å². The number of carbonyl (C=O) groups excluding carboxylic acids is 1. The fourth-order valence-corrected chi connectivity index (χ4v) is 3.36. The minimum atomic E-state index is -3.38. The van der Waals surface area contributed by atoms with E-state index in [9.17, 15) is 13.2 Å². The normalized spacial score (nSPS) is 11.1. The van der Waals surface area contributed by atoms with Crippen LogP contribution in [-0.4, -0.2) is 20.1 Å². The van der Waals surface area contributed by atoms with E-state index in [0.29, 0.717) is 10.7 Å². The van der Waals surface area contributed by atoms with Gasteiger partial charge in [-0.15, -0.1) is 0 Å². The van der Waals surface area contributed by atoms with E-state index in [1.807, 2.05) is 18.2 Å². The number of benzene rings is 2. The van der Waals surface area contributed by atoms with Gasteiger partial charge in [-0.25, -0.2) is 8.42 Å². The maximum absolute atomic E-state index is 12.1. The third-order valence-corrected chi connectivity index (χ3v) is 5.12. The fraction of sp³-hybridized carbons (Fsp3) is 0.188. The average Bonchev–Trinajstić information content (AvgIpc) is 2.48. The van der Waals surface area contributed by atoms with Crippen LogP contribution in [0.25, 0.3) is 0 Å². The topological polar surface area (TPSA) is 63.2 Å². The van der Waals surface area contributed by atoms with Gasteiger partial charge in [0.15, 0.2) is 9.84 Å². The van der Waals surface area contributed by atoms with Crippen molar-refractivity contribution in [3.8, 4) is 0 Å². The second-order valence-corrected chi connectivity index (χ2v) is 7.34. The number of anilines is 1. The van der Waals surface area contributed by atoms with E-state index < -0.39 is 9.84 Å². The van der Waals surface area contributed by atoms with Gasteiger partial charge in [0.25, 0.3) is 0 Å². The number of hydrogen-bond acceptors (Lipinski definition) is 3. The zero-order valence-electron chi connectivity index (χ0n) is 11.8. The van der Waals surface area contributed by atoms with Gasteiger partial charge in [-0.1, -0.05) is 29.8 Å². The summed E-state index contributed by atoms with van der Waals surface area (Å²) < 4.78 is 24.2. The van der Waals surface area contributed by atoms with Crippen molar-refractivity contribution in [2.45, 2.75) is 17.7 Å². The second kappa shape index (κ2) is 7.42. The highest BCUT2D eigenvalue weighted by molar-refractivity contribution is 7.91. The van der Waals surface area contributed by atoms with Crippen LogP contribution in [0.3, 0.4) is 0 Å². The fourth-order valence-electron chi connectivity index (χ4n) is 1.93. The molecule has 0 radical (unpaired) electrons. The first-order valence-electron chi connectivity index (χ1n) is 6.80. The SMILES string of the molecule is O=C(CCCS(=O)(=O)c1ccc(Cl)cc1)Nc1ccccc1. The van der Waals surface area contributed by atoms with Crippen molar-refractivity contribution in [2.24, 2.45) is 0 Å². The summed E-state index contributed by atoms with van der Waals surface area (Å²) in [5.74, 6) is -0.269. The molecular weight excluding hydrogens is 322 g/mol. The Morgan fingerprint density at radius 3 is 2.27 bits per heavy atom. The summed E-state index contributed by atoms with van der Waals surface area (Å²) in [7, 11) is -3.38. The van der Waals surface area contributed by atoms with E-state index in [4.69, 9.17) is 11.6 Å². The van der Waals surface area contributed by atoms with Crippen molar-refractivity contribution in [3.05, 3.63) is 59.6 Å². The molecule has 6 heteroatoms. The Balaban J connectivity index is 1.85. The summed E-state index contributed by atoms with van der Waals surface area (Å²) in [4.78, 5) is 12.0. The molecule has 0 saturated heterocycles. The van der Waals surface area contributed by atoms with E-state index in [1.54, 1.807) is 12.1 Å². The molecule has 1 amide bonds. The Hall–Kier alpha value is -1.85. The predicted octanol–water partition coefficient (Wildman–Crippen LogP) is 3.53. The van der Waals surface area contributed by atoms with Gasteiger partial charge >= 0.3 is 0 Å². The standard InChI is InChI=1S/C16H16ClNO3S/c17-13-8-10-15(11-9-13)22(20,21)12-4-7-16(19)18-14-5-2-1-3-6-14/h1-3,5-6,8-11H,4,7,12H2,(H,18,19). The number of carbonyl (C=O) groups is 1. The Morgan fingerprint density at radius 2 is 1.64 bits per heavy atom. The maximum Gasteiger partial charge on any atom is 0.224 e. The number of hydrogen-bond donors (Lipinski definition) is 1. The number of amides is 1. The van der Waals surface area contributed by atoms with Crippen LogP contribution < -0.4 is 5.32 Å². The van der Waals surface area contributed by atoms with Crippen molar-refractivity contribution in [2.75, 3.05) is 11.1 Å². The van der Waals surface area contributed by atoms with Crippen LogP contribution >= 0.6 is 11.6 Å². The molecule has 4 nitrogen and oxygen atoms in total. The summed E-state index contributed by atoms with van der Waals surface area (Å²) in [6, 6.07) is 15.1. The minimum absolute atomic E-state index is 0.0726. The zero-order chi connectivity index (χ0) is 16.0. The molecule has 0 heterocycles. The van der Waals surface area contributed by atoms with Crippen LogP contribution in [0.2, 0.25) is 5.02 Å². The molecule has 0 bridgehead atoms. The van der Waals surface area contributed by atoms with Gasteiger partial charge in [0, 0.05) is 17.1 Å². The van der Waals surface area contributed by atoms with E-state index >= 15 is 0 Å². The molecule has 2 aromatic rings. The molecule has 116 valence electrons. The van der Waals surface area contributed by atoms with E-state index in [0.717, 1.165) is 0 Å². The highest BCUT2D eigenvalue weighted by atomic mass is 35.5. The molecule has 0 aliphatic rings. The van der Waals surface area contributed by atoms with Gasteiger partial charge in [0.2, 0.25) is 5.91 Å². The van der Waals surface area contributed by atoms with Crippen molar-refractivity contribution in [1.29, 1.82) is 0 Å². The van der Waals surface area contributed by atoms with Crippen LogP contribution in [0, 0.1) is 0 Å². The first-order chi connectivity index (χ1) is 10.5. The van der Waals surface area contributed by atoms with Gasteiger partial charge in [-0.2, -0.15) is 0 Å². The van der Waals surface area contributed by atoms with Gasteiger partial charge in [-0.05, 0) is 42.8 Å². The molecule has 1 N–H and O–H groups in total. The number of para-hydroxylation sites is 1. The van der Waals surface area contributed by atoms with Crippen LogP contribution in [0.15, 0.2) is 59.5 Å². The second-order valence-electron chi connectivity index (χ2n) is 4.79. The molecule has 2 aromatic carbocycles. The number of halogens is 1. The number of sulfone groups is 1. The molecule has 0 atom stereocenters. The van der Waals surface area contributed by atoms with Crippen molar-refractivity contribution in [3.63, 3.8) is 0 Å². The highest BCUT2D eigenvalue weighted by Crippen LogP contribution is 2.16. The van der Waals surface area contributed by atoms with Crippen LogP contribution in [0.5, 0.6) is 0 Å². The smallest absolute Gasteiger partial charge is 0.224 e. The molecule has 2 rings (SSSR count). The molecule has 0 spiro atoms. The number of nitrogens with one attached hydrogen (secondary N) is 1. The zero-order valence-corrected chi connectivity index (χ0v) is 13.4. The maximum atomic E-state index is 12.1. The van der Waals surface area contributed by atoms with Crippen molar-refractivity contribution >= 4 is 33.0 Å². The molecule has 0 fully saturated rings. The van der Waals surface area contributed by atoms with Gasteiger partial charge in [0.1, 0.15) is 0 Å². The predicted molar refractivity (Wildman–Crippen MR) is 87.8 cm³/mol. The van der Waals surface area contributed by atoms with Crippen molar-refractivity contribution < 1.29 is 13.2 Å². The van der Waals surface area contributed by atoms with Gasteiger partial charge < -0.3 is 5.32 Å². The Kier molecular flexibility index (Phi) is 5.57. The third kappa shape index (κ3) is 4.86. The monoisotopic (exact) mass is 337 g/mol. The molecule has 0 aromatic heterocycles. The van der Waals surface area contributed by atoms with Crippen LogP contribution in [0.4, 0.5) is 5.69 Å². The van der Waals surface area contributed by atoms with Gasteiger partial charge in [-0.3, -0.25) is 4.79 Å². The van der Waals surface area contributed by atoms with E-state index in [1.165, 1.54) is 24.3 Å². The molecule has 0 unspecified atom stereocenters. The molecule has 0 aliphatic carbocycles. The third-order valence-electron chi connectivity index (χ3n) is 3.05. The largest absolute Gasteiger partial charge is 0.326 e. The van der Waals surface area contributed by atoms with Crippen LogP contribution in [-0.2, 0) is 14.6 Å². The lowest BCUT2D eigenvalue weighted by molar-refractivity contribution is -0.116. The Labute approximate surface area is 135 Å². The first-order valence-corrected chi connectivity index (χ1v) is 8.84. The first kappa shape index (κ1) is 16.5. The lowest BCUT2D eigenvalue weighted by atomic mass is 10.3. The molecule has 0 aliphatic heterocycles. The summed E-state index contributed by atoms with van der Waals surface area (Å²) in [6.07, 6.45) is 0.422. The summed E-state index contributed by atoms with van der Waals surface area (Å²) >= 11 is 5.74. The number of rotatable bonds is 6. The molecular formula is C16H16ClNO3S. The van der Waals surface area contributed by atoms with Gasteiger partial charge in [0.05, 0.1) is 10.6 Å². The Morgan fingerprint density at radius 1 is 1.00 bits per heavy atom. The van der Waals surface area contributed by atoms with Crippen molar-refractivity contribution in [1.82, 2.24) is 0 Å². The lowest BCUT2D eigenvalue weighted by Crippen LogP contribution is -2.14. The van der Waals surface area contributed by atoms with Crippen LogP contribution in [0.1, 0.15) is 12.8 Å². The Bertz CT molecular complexity index is 728. The lowest BCUT2D eigenvalue weighted by Gasteiger charge is -2.06. The summed E-state index contributed by atoms with van der Waals surface area (Å²) in [5, 5.41) is 3.21. The van der Waals surface area contributed by atoms with E-state index in [2.05, 4.69) is 5.32 Å². The quantitative estimate of drug-likeness (QED) is 0.877. The molecule has 0 saturated carbocycles. The molecule has 22 heavy (non-hydrogen) atoms. The highest BCUT2D eigenvalue weighted by Gasteiger charge is 2.14. The summed E-state index contributed by atoms with van der Waals surface area (Å²) in [5.41, 5.74) is 0.702. The minimum Gasteiger partial charge on any atom is -0.326 e. The summed E-state index contributed by atoms with van der Waals surface area (Å²) in [6.45, 7) is 0. The average molecular weight is 338 g/mol.